The average Bonchev–Trinajstić information content (AvgIpc) is 2.79. The Kier molecular flexibility index (Phi) is 4.52. The van der Waals surface area contributed by atoms with E-state index in [-0.39, 0.29) is 0 Å². The van der Waals surface area contributed by atoms with Crippen LogP contribution < -0.4 is 10.6 Å². The van der Waals surface area contributed by atoms with Gasteiger partial charge in [-0.15, -0.1) is 0 Å². The van der Waals surface area contributed by atoms with Gasteiger partial charge < -0.3 is 4.57 Å². The first kappa shape index (κ1) is 16.5. The van der Waals surface area contributed by atoms with Crippen molar-refractivity contribution in [1.82, 2.24) is 0 Å². The van der Waals surface area contributed by atoms with Gasteiger partial charge in [0.15, 0.2) is 7.14 Å². The van der Waals surface area contributed by atoms with Gasteiger partial charge in [-0.2, -0.15) is 0 Å². The predicted octanol–water partition coefficient (Wildman–Crippen LogP) is 4.92. The molecule has 0 saturated heterocycles. The molecule has 0 aliphatic heterocycles. The van der Waals surface area contributed by atoms with Crippen LogP contribution in [0.5, 0.6) is 0 Å². The van der Waals surface area contributed by atoms with Crippen molar-refractivity contribution in [2.45, 2.75) is 27.7 Å². The van der Waals surface area contributed by atoms with Crippen LogP contribution in [0.2, 0.25) is 0 Å². The van der Waals surface area contributed by atoms with Gasteiger partial charge in [-0.25, -0.2) is 0 Å². The van der Waals surface area contributed by atoms with E-state index in [9.17, 15) is 4.57 Å². The molecule has 1 aliphatic rings. The van der Waals surface area contributed by atoms with E-state index in [1.54, 1.807) is 0 Å². The van der Waals surface area contributed by atoms with Crippen molar-refractivity contribution < 1.29 is 4.57 Å². The van der Waals surface area contributed by atoms with Gasteiger partial charge in [-0.3, -0.25) is 0 Å². The minimum atomic E-state index is -2.86. The molecule has 3 rings (SSSR count). The first-order valence-corrected chi connectivity index (χ1v) is 9.63. The van der Waals surface area contributed by atoms with Gasteiger partial charge in [-0.1, -0.05) is 88.4 Å². The van der Waals surface area contributed by atoms with Crippen molar-refractivity contribution in [3.8, 4) is 0 Å². The molecule has 0 bridgehead atoms. The van der Waals surface area contributed by atoms with Gasteiger partial charge in [-0.05, 0) is 23.7 Å². The van der Waals surface area contributed by atoms with E-state index in [1.807, 2.05) is 60.7 Å². The molecule has 0 heterocycles. The lowest BCUT2D eigenvalue weighted by atomic mass is 9.92. The molecule has 0 N–H and O–H groups in total. The number of rotatable bonds is 3. The summed E-state index contributed by atoms with van der Waals surface area (Å²) in [5, 5.41) is 1.81. The lowest BCUT2D eigenvalue weighted by Crippen LogP contribution is -2.24. The quantitative estimate of drug-likeness (QED) is 0.733. The molecule has 5 radical (unpaired) electrons. The maximum absolute atomic E-state index is 14.4. The van der Waals surface area contributed by atoms with Gasteiger partial charge in [0.1, 0.15) is 0 Å². The molecule has 0 atom stereocenters. The third-order valence-corrected chi connectivity index (χ3v) is 8.30. The molecular formula is C21H22OP. The molecule has 0 aromatic heterocycles. The van der Waals surface area contributed by atoms with Crippen LogP contribution >= 0.6 is 7.14 Å². The Bertz CT molecular complexity index is 637. The molecular weight excluding hydrogens is 299 g/mol. The van der Waals surface area contributed by atoms with E-state index < -0.39 is 7.14 Å². The Morgan fingerprint density at radius 1 is 0.565 bits per heavy atom. The van der Waals surface area contributed by atoms with Crippen LogP contribution in [0, 0.1) is 29.3 Å². The van der Waals surface area contributed by atoms with Gasteiger partial charge in [0.25, 0.3) is 0 Å². The minimum Gasteiger partial charge on any atom is -0.313 e. The number of benzene rings is 2. The normalized spacial score (nSPS) is 19.5. The monoisotopic (exact) mass is 321 g/mol. The second kappa shape index (κ2) is 6.29. The highest BCUT2D eigenvalue weighted by atomic mass is 31.2. The molecule has 1 saturated carbocycles. The highest BCUT2D eigenvalue weighted by Gasteiger charge is 2.53. The van der Waals surface area contributed by atoms with Crippen LogP contribution in [-0.2, 0) is 4.57 Å². The Balaban J connectivity index is 2.20. The molecule has 1 nitrogen and oxygen atoms in total. The van der Waals surface area contributed by atoms with E-state index >= 15 is 0 Å². The van der Waals surface area contributed by atoms with Crippen molar-refractivity contribution in [2.75, 3.05) is 0 Å². The molecule has 0 amide bonds. The molecule has 2 heteroatoms. The van der Waals surface area contributed by atoms with Gasteiger partial charge in [0.05, 0.1) is 5.66 Å². The van der Waals surface area contributed by atoms with Gasteiger partial charge in [0, 0.05) is 10.6 Å². The van der Waals surface area contributed by atoms with E-state index in [0.29, 0.717) is 0 Å². The molecule has 23 heavy (non-hydrogen) atoms. The minimum absolute atomic E-state index is 0.905. The summed E-state index contributed by atoms with van der Waals surface area (Å²) in [4.78, 5) is 0. The summed E-state index contributed by atoms with van der Waals surface area (Å²) in [5.41, 5.74) is 1.02. The second-order valence-corrected chi connectivity index (χ2v) is 8.83. The van der Waals surface area contributed by atoms with Crippen LogP contribution in [0.25, 0.3) is 0 Å². The smallest absolute Gasteiger partial charge is 0.151 e. The summed E-state index contributed by atoms with van der Waals surface area (Å²) in [7, 11) is -2.86. The molecule has 117 valence electrons. The van der Waals surface area contributed by atoms with E-state index in [4.69, 9.17) is 0 Å². The number of hydrogen-bond acceptors (Lipinski definition) is 1. The summed E-state index contributed by atoms with van der Waals surface area (Å²) in [5.74, 6) is 4.83. The van der Waals surface area contributed by atoms with Crippen LogP contribution in [0.3, 0.4) is 0 Å². The standard InChI is InChI=1S/C21H22OP/c1-15-16(2)18(4)21(17(15)3)23(22,19-11-7-5-8-12-19)20-13-9-6-10-14-20/h5-14H,1-4H3. The largest absolute Gasteiger partial charge is 0.313 e. The molecule has 0 spiro atoms. The average molecular weight is 321 g/mol. The zero-order chi connectivity index (χ0) is 16.6. The van der Waals surface area contributed by atoms with Crippen molar-refractivity contribution >= 4 is 17.8 Å². The first-order chi connectivity index (χ1) is 11.0. The highest BCUT2D eigenvalue weighted by Crippen LogP contribution is 2.69. The molecule has 1 fully saturated rings. The molecule has 0 unspecified atom stereocenters. The maximum atomic E-state index is 14.4. The third-order valence-electron chi connectivity index (χ3n) is 4.95. The SMILES string of the molecule is C[C]1[C](C)[C](C)[C](P(=O)(c2ccccc2)c2ccccc2)[C]1C. The Hall–Kier alpha value is -1.33. The number of hydrogen-bond donors (Lipinski definition) is 0. The summed E-state index contributed by atoms with van der Waals surface area (Å²) in [6, 6.07) is 19.8. The third kappa shape index (κ3) is 2.60. The van der Waals surface area contributed by atoms with E-state index in [2.05, 4.69) is 27.7 Å². The molecule has 2 aromatic carbocycles. The summed E-state index contributed by atoms with van der Waals surface area (Å²) in [6.45, 7) is 8.45. The van der Waals surface area contributed by atoms with E-state index in [1.165, 1.54) is 11.8 Å². The fourth-order valence-corrected chi connectivity index (χ4v) is 6.63. The lowest BCUT2D eigenvalue weighted by Gasteiger charge is -2.31. The van der Waals surface area contributed by atoms with Crippen molar-refractivity contribution in [3.05, 3.63) is 90.0 Å². The Labute approximate surface area is 140 Å². The summed E-state index contributed by atoms with van der Waals surface area (Å²) in [6.07, 6.45) is 0. The van der Waals surface area contributed by atoms with Crippen molar-refractivity contribution in [1.29, 1.82) is 0 Å². The zero-order valence-electron chi connectivity index (χ0n) is 14.1. The fraction of sp³-hybridized carbons (Fsp3) is 0.190. The summed E-state index contributed by atoms with van der Waals surface area (Å²) < 4.78 is 14.4. The second-order valence-electron chi connectivity index (χ2n) is 6.13. The topological polar surface area (TPSA) is 17.1 Å². The summed E-state index contributed by atoms with van der Waals surface area (Å²) >= 11 is 0. The van der Waals surface area contributed by atoms with Gasteiger partial charge in [0.2, 0.25) is 0 Å². The van der Waals surface area contributed by atoms with E-state index in [0.717, 1.165) is 28.1 Å². The predicted molar refractivity (Wildman–Crippen MR) is 98.7 cm³/mol. The Morgan fingerprint density at radius 3 is 1.26 bits per heavy atom. The van der Waals surface area contributed by atoms with Crippen LogP contribution in [0.15, 0.2) is 60.7 Å². The van der Waals surface area contributed by atoms with Crippen LogP contribution in [0.1, 0.15) is 27.7 Å². The molecule has 2 aromatic rings. The van der Waals surface area contributed by atoms with Crippen LogP contribution in [0.4, 0.5) is 0 Å². The zero-order valence-corrected chi connectivity index (χ0v) is 15.0. The van der Waals surface area contributed by atoms with Gasteiger partial charge >= 0.3 is 0 Å². The Morgan fingerprint density at radius 2 is 0.913 bits per heavy atom. The van der Waals surface area contributed by atoms with Crippen molar-refractivity contribution in [3.63, 3.8) is 0 Å². The first-order valence-electron chi connectivity index (χ1n) is 7.92. The fourth-order valence-electron chi connectivity index (χ4n) is 3.35. The van der Waals surface area contributed by atoms with Crippen molar-refractivity contribution in [2.24, 2.45) is 0 Å². The van der Waals surface area contributed by atoms with Crippen LogP contribution in [-0.4, -0.2) is 0 Å². The highest BCUT2D eigenvalue weighted by molar-refractivity contribution is 7.81. The molecule has 1 aliphatic carbocycles. The lowest BCUT2D eigenvalue weighted by molar-refractivity contribution is 0.587. The maximum Gasteiger partial charge on any atom is 0.151 e.